The van der Waals surface area contributed by atoms with Crippen LogP contribution in [0.15, 0.2) is 23.1 Å². The number of sulfonamides is 1. The normalized spacial score (nSPS) is 11.4. The lowest BCUT2D eigenvalue weighted by Crippen LogP contribution is -2.27. The molecule has 0 amide bonds. The first kappa shape index (κ1) is 14.9. The molecule has 0 aliphatic rings. The van der Waals surface area contributed by atoms with Gasteiger partial charge in [0, 0.05) is 13.7 Å². The maximum absolute atomic E-state index is 11.8. The second kappa shape index (κ2) is 6.14. The molecule has 0 aliphatic heterocycles. The zero-order valence-electron chi connectivity index (χ0n) is 9.51. The first-order valence-electron chi connectivity index (χ1n) is 4.90. The molecule has 0 aliphatic carbocycles. The van der Waals surface area contributed by atoms with Crippen molar-refractivity contribution in [1.82, 2.24) is 4.72 Å². The number of carboxylic acids is 1. The van der Waals surface area contributed by atoms with Gasteiger partial charge < -0.3 is 9.84 Å². The molecule has 0 heterocycles. The molecule has 0 aromatic heterocycles. The first-order valence-corrected chi connectivity index (χ1v) is 6.76. The minimum atomic E-state index is -3.70. The van der Waals surface area contributed by atoms with E-state index in [0.29, 0.717) is 0 Å². The molecule has 18 heavy (non-hydrogen) atoms. The summed E-state index contributed by atoms with van der Waals surface area (Å²) in [5.41, 5.74) is -0.146. The van der Waals surface area contributed by atoms with Crippen molar-refractivity contribution in [3.63, 3.8) is 0 Å². The van der Waals surface area contributed by atoms with Crippen molar-refractivity contribution in [3.8, 4) is 0 Å². The average molecular weight is 294 g/mol. The fourth-order valence-corrected chi connectivity index (χ4v) is 2.56. The number of ether oxygens (including phenoxy) is 1. The van der Waals surface area contributed by atoms with Gasteiger partial charge in [-0.3, -0.25) is 0 Å². The van der Waals surface area contributed by atoms with Gasteiger partial charge in [-0.1, -0.05) is 11.6 Å². The Morgan fingerprint density at radius 1 is 1.50 bits per heavy atom. The second-order valence-corrected chi connectivity index (χ2v) is 5.51. The van der Waals surface area contributed by atoms with E-state index in [9.17, 15) is 13.2 Å². The highest BCUT2D eigenvalue weighted by atomic mass is 35.5. The lowest BCUT2D eigenvalue weighted by Gasteiger charge is -2.07. The van der Waals surface area contributed by atoms with Crippen LogP contribution in [0.1, 0.15) is 10.4 Å². The van der Waals surface area contributed by atoms with Crippen molar-refractivity contribution in [2.75, 3.05) is 20.3 Å². The Labute approximate surface area is 110 Å². The van der Waals surface area contributed by atoms with Crippen molar-refractivity contribution < 1.29 is 23.1 Å². The summed E-state index contributed by atoms with van der Waals surface area (Å²) >= 11 is 5.69. The van der Waals surface area contributed by atoms with Crippen molar-refractivity contribution in [2.45, 2.75) is 4.90 Å². The highest BCUT2D eigenvalue weighted by Gasteiger charge is 2.17. The molecule has 0 atom stereocenters. The summed E-state index contributed by atoms with van der Waals surface area (Å²) in [4.78, 5) is 10.6. The van der Waals surface area contributed by atoms with Gasteiger partial charge in [0.1, 0.15) is 0 Å². The van der Waals surface area contributed by atoms with Crippen LogP contribution >= 0.6 is 11.6 Å². The summed E-state index contributed by atoms with van der Waals surface area (Å²) in [5, 5.41) is 8.64. The third kappa shape index (κ3) is 3.67. The standard InChI is InChI=1S/C10H12ClNO5S/c1-17-5-4-12-18(15,16)7-2-3-8(10(13)14)9(11)6-7/h2-3,6,12H,4-5H2,1H3,(H,13,14). The summed E-state index contributed by atoms with van der Waals surface area (Å²) in [7, 11) is -2.25. The van der Waals surface area contributed by atoms with Crippen molar-refractivity contribution >= 4 is 27.6 Å². The predicted octanol–water partition coefficient (Wildman–Crippen LogP) is 0.963. The molecule has 6 nitrogen and oxygen atoms in total. The quantitative estimate of drug-likeness (QED) is 0.762. The third-order valence-electron chi connectivity index (χ3n) is 2.08. The Hall–Kier alpha value is -1.15. The summed E-state index contributed by atoms with van der Waals surface area (Å²) in [6.07, 6.45) is 0. The van der Waals surface area contributed by atoms with Gasteiger partial charge in [-0.25, -0.2) is 17.9 Å². The van der Waals surface area contributed by atoms with E-state index in [1.54, 1.807) is 0 Å². The Morgan fingerprint density at radius 3 is 2.67 bits per heavy atom. The minimum Gasteiger partial charge on any atom is -0.478 e. The van der Waals surface area contributed by atoms with Gasteiger partial charge in [-0.05, 0) is 18.2 Å². The van der Waals surface area contributed by atoms with E-state index in [1.165, 1.54) is 13.2 Å². The molecule has 1 aromatic rings. The Kier molecular flexibility index (Phi) is 5.09. The van der Waals surface area contributed by atoms with Crippen molar-refractivity contribution in [1.29, 1.82) is 0 Å². The van der Waals surface area contributed by atoms with E-state index < -0.39 is 16.0 Å². The number of carbonyl (C=O) groups is 1. The molecule has 8 heteroatoms. The number of carboxylic acid groups (broad SMARTS) is 1. The molecule has 100 valence electrons. The van der Waals surface area contributed by atoms with Crippen LogP contribution in [0, 0.1) is 0 Å². The monoisotopic (exact) mass is 293 g/mol. The third-order valence-corrected chi connectivity index (χ3v) is 3.85. The maximum atomic E-state index is 11.8. The first-order chi connectivity index (χ1) is 8.38. The highest BCUT2D eigenvalue weighted by Crippen LogP contribution is 2.20. The van der Waals surface area contributed by atoms with Crippen molar-refractivity contribution in [2.24, 2.45) is 0 Å². The van der Waals surface area contributed by atoms with Gasteiger partial charge in [-0.2, -0.15) is 0 Å². The topological polar surface area (TPSA) is 92.7 Å². The SMILES string of the molecule is COCCNS(=O)(=O)c1ccc(C(=O)O)c(Cl)c1. The van der Waals surface area contributed by atoms with Gasteiger partial charge in [0.2, 0.25) is 10.0 Å². The summed E-state index contributed by atoms with van der Waals surface area (Å²) in [6.45, 7) is 0.358. The van der Waals surface area contributed by atoms with Gasteiger partial charge in [0.15, 0.2) is 0 Å². The van der Waals surface area contributed by atoms with Gasteiger partial charge in [-0.15, -0.1) is 0 Å². The molecule has 0 bridgehead atoms. The fourth-order valence-electron chi connectivity index (χ4n) is 1.20. The number of halogens is 1. The van der Waals surface area contributed by atoms with Gasteiger partial charge in [0.25, 0.3) is 0 Å². The van der Waals surface area contributed by atoms with E-state index in [-0.39, 0.29) is 28.6 Å². The molecular weight excluding hydrogens is 282 g/mol. The van der Waals surface area contributed by atoms with Gasteiger partial charge >= 0.3 is 5.97 Å². The van der Waals surface area contributed by atoms with Crippen LogP contribution < -0.4 is 4.72 Å². The van der Waals surface area contributed by atoms with E-state index in [2.05, 4.69) is 4.72 Å². The zero-order valence-corrected chi connectivity index (χ0v) is 11.1. The maximum Gasteiger partial charge on any atom is 0.337 e. The Morgan fingerprint density at radius 2 is 2.17 bits per heavy atom. The molecular formula is C10H12ClNO5S. The number of rotatable bonds is 6. The van der Waals surface area contributed by atoms with Crippen LogP contribution in [0.5, 0.6) is 0 Å². The largest absolute Gasteiger partial charge is 0.478 e. The molecule has 1 aromatic carbocycles. The molecule has 0 spiro atoms. The lowest BCUT2D eigenvalue weighted by atomic mass is 10.2. The molecule has 0 radical (unpaired) electrons. The Balaban J connectivity index is 2.97. The van der Waals surface area contributed by atoms with Crippen LogP contribution in [0.25, 0.3) is 0 Å². The number of nitrogens with one attached hydrogen (secondary N) is 1. The van der Waals surface area contributed by atoms with E-state index in [1.807, 2.05) is 0 Å². The number of benzene rings is 1. The molecule has 1 rings (SSSR count). The second-order valence-electron chi connectivity index (χ2n) is 3.34. The number of aromatic carboxylic acids is 1. The smallest absolute Gasteiger partial charge is 0.337 e. The summed E-state index contributed by atoms with van der Waals surface area (Å²) in [6, 6.07) is 3.43. The predicted molar refractivity (Wildman–Crippen MR) is 65.5 cm³/mol. The number of methoxy groups -OCH3 is 1. The fraction of sp³-hybridized carbons (Fsp3) is 0.300. The van der Waals surface area contributed by atoms with E-state index >= 15 is 0 Å². The van der Waals surface area contributed by atoms with Crippen LogP contribution in [-0.4, -0.2) is 39.8 Å². The molecule has 0 unspecified atom stereocenters. The molecule has 0 saturated heterocycles. The molecule has 2 N–H and O–H groups in total. The highest BCUT2D eigenvalue weighted by molar-refractivity contribution is 7.89. The van der Waals surface area contributed by atoms with Crippen LogP contribution in [-0.2, 0) is 14.8 Å². The number of hydrogen-bond acceptors (Lipinski definition) is 4. The van der Waals surface area contributed by atoms with E-state index in [4.69, 9.17) is 21.4 Å². The lowest BCUT2D eigenvalue weighted by molar-refractivity contribution is 0.0697. The minimum absolute atomic E-state index is 0.0893. The van der Waals surface area contributed by atoms with E-state index in [0.717, 1.165) is 12.1 Å². The van der Waals surface area contributed by atoms with Crippen LogP contribution in [0.4, 0.5) is 0 Å². The number of hydrogen-bond donors (Lipinski definition) is 2. The van der Waals surface area contributed by atoms with Crippen LogP contribution in [0.3, 0.4) is 0 Å². The van der Waals surface area contributed by atoms with Crippen LogP contribution in [0.2, 0.25) is 5.02 Å². The average Bonchev–Trinajstić information content (AvgIpc) is 2.28. The Bertz CT molecular complexity index is 543. The van der Waals surface area contributed by atoms with Crippen molar-refractivity contribution in [3.05, 3.63) is 28.8 Å². The summed E-state index contributed by atoms with van der Waals surface area (Å²) in [5.74, 6) is -1.21. The van der Waals surface area contributed by atoms with Gasteiger partial charge in [0.05, 0.1) is 22.1 Å². The molecule has 0 saturated carbocycles. The zero-order chi connectivity index (χ0) is 13.8. The summed E-state index contributed by atoms with van der Waals surface area (Å²) < 4.78 is 30.5. The molecule has 0 fully saturated rings.